The minimum atomic E-state index is -3.80. The van der Waals surface area contributed by atoms with Crippen molar-refractivity contribution in [1.29, 1.82) is 0 Å². The largest absolute Gasteiger partial charge is 0.349 e. The van der Waals surface area contributed by atoms with Crippen LogP contribution in [0.3, 0.4) is 0 Å². The molecule has 0 aliphatic heterocycles. The van der Waals surface area contributed by atoms with Gasteiger partial charge in [-0.25, -0.2) is 23.1 Å². The number of para-hydroxylation sites is 4. The van der Waals surface area contributed by atoms with E-state index in [-0.39, 0.29) is 22.9 Å². The van der Waals surface area contributed by atoms with Crippen molar-refractivity contribution in [1.82, 2.24) is 29.6 Å². The Balaban J connectivity index is 1.28. The number of aromatic amines is 2. The molecule has 10 nitrogen and oxygen atoms in total. The van der Waals surface area contributed by atoms with Gasteiger partial charge in [-0.1, -0.05) is 38.1 Å². The van der Waals surface area contributed by atoms with Crippen LogP contribution in [0.15, 0.2) is 71.8 Å². The first kappa shape index (κ1) is 27.1. The fourth-order valence-electron chi connectivity index (χ4n) is 6.32. The van der Waals surface area contributed by atoms with Gasteiger partial charge in [0, 0.05) is 35.1 Å². The average Bonchev–Trinajstić information content (AvgIpc) is 3.52. The van der Waals surface area contributed by atoms with E-state index in [0.717, 1.165) is 57.1 Å². The van der Waals surface area contributed by atoms with Crippen LogP contribution in [0.5, 0.6) is 0 Å². The lowest BCUT2D eigenvalue weighted by atomic mass is 9.98. The Morgan fingerprint density at radius 1 is 0.864 bits per heavy atom. The first-order valence-electron chi connectivity index (χ1n) is 15.2. The highest BCUT2D eigenvalue weighted by molar-refractivity contribution is 7.89. The number of H-pyrrole nitrogens is 2. The number of hydrogen-bond acceptors (Lipinski definition) is 7. The predicted octanol–water partition coefficient (Wildman–Crippen LogP) is 6.51. The molecule has 1 fully saturated rings. The summed E-state index contributed by atoms with van der Waals surface area (Å²) in [6, 6.07) is 19.3. The molecule has 3 aromatic heterocycles. The van der Waals surface area contributed by atoms with Crippen LogP contribution in [0.2, 0.25) is 0 Å². The summed E-state index contributed by atoms with van der Waals surface area (Å²) in [5.74, 6) is 1.86. The molecule has 0 radical (unpaired) electrons. The van der Waals surface area contributed by atoms with E-state index in [2.05, 4.69) is 25.3 Å². The SMILES string of the molecule is CC(C)CNS(=O)(=O)c1cc2c(c3cnc(C4CC4)cc13)[C@@H](Nc1nc3ccccc3[nH]1)C[C@H]2Nc1nc2ccccc2[nH]1. The van der Waals surface area contributed by atoms with Crippen LogP contribution in [0, 0.1) is 5.92 Å². The zero-order valence-corrected chi connectivity index (χ0v) is 25.4. The minimum Gasteiger partial charge on any atom is -0.349 e. The summed E-state index contributed by atoms with van der Waals surface area (Å²) in [4.78, 5) is 21.5. The third-order valence-corrected chi connectivity index (χ3v) is 10.1. The second-order valence-corrected chi connectivity index (χ2v) is 14.1. The number of benzene rings is 3. The summed E-state index contributed by atoms with van der Waals surface area (Å²) in [7, 11) is -3.80. The normalized spacial score (nSPS) is 18.4. The molecule has 0 saturated heterocycles. The smallest absolute Gasteiger partial charge is 0.241 e. The Hall–Kier alpha value is -4.48. The van der Waals surface area contributed by atoms with E-state index in [4.69, 9.17) is 15.0 Å². The first-order valence-corrected chi connectivity index (χ1v) is 16.7. The molecular formula is C33H34N8O2S. The number of nitrogens with one attached hydrogen (secondary N) is 5. The van der Waals surface area contributed by atoms with Gasteiger partial charge < -0.3 is 20.6 Å². The highest BCUT2D eigenvalue weighted by atomic mass is 32.2. The van der Waals surface area contributed by atoms with Crippen LogP contribution in [0.25, 0.3) is 32.8 Å². The number of fused-ring (bicyclic) bond motifs is 5. The molecular weight excluding hydrogens is 572 g/mol. The Morgan fingerprint density at radius 2 is 1.50 bits per heavy atom. The molecule has 5 N–H and O–H groups in total. The highest BCUT2D eigenvalue weighted by Crippen LogP contribution is 2.48. The lowest BCUT2D eigenvalue weighted by Gasteiger charge is -2.19. The fourth-order valence-corrected chi connectivity index (χ4v) is 7.77. The lowest BCUT2D eigenvalue weighted by Crippen LogP contribution is -2.28. The van der Waals surface area contributed by atoms with Crippen LogP contribution in [0.1, 0.15) is 67.9 Å². The Kier molecular flexibility index (Phi) is 6.35. The maximum Gasteiger partial charge on any atom is 0.241 e. The molecule has 3 heterocycles. The van der Waals surface area contributed by atoms with E-state index < -0.39 is 10.0 Å². The van der Waals surface area contributed by atoms with Gasteiger partial charge in [-0.2, -0.15) is 0 Å². The van der Waals surface area contributed by atoms with Gasteiger partial charge in [0.15, 0.2) is 0 Å². The summed E-state index contributed by atoms with van der Waals surface area (Å²) in [6.45, 7) is 4.36. The van der Waals surface area contributed by atoms with E-state index in [0.29, 0.717) is 36.2 Å². The van der Waals surface area contributed by atoms with Crippen LogP contribution < -0.4 is 15.4 Å². The summed E-state index contributed by atoms with van der Waals surface area (Å²) >= 11 is 0. The number of nitrogens with zero attached hydrogens (tertiary/aromatic N) is 3. The van der Waals surface area contributed by atoms with Crippen molar-refractivity contribution in [2.45, 2.75) is 56.0 Å². The molecule has 6 aromatic rings. The van der Waals surface area contributed by atoms with Gasteiger partial charge >= 0.3 is 0 Å². The quantitative estimate of drug-likeness (QED) is 0.126. The molecule has 0 amide bonds. The maximum atomic E-state index is 13.9. The minimum absolute atomic E-state index is 0.163. The number of rotatable bonds is 9. The monoisotopic (exact) mass is 606 g/mol. The maximum absolute atomic E-state index is 13.9. The van der Waals surface area contributed by atoms with Crippen LogP contribution in [-0.2, 0) is 10.0 Å². The average molecular weight is 607 g/mol. The third-order valence-electron chi connectivity index (χ3n) is 8.64. The summed E-state index contributed by atoms with van der Waals surface area (Å²) < 4.78 is 30.7. The standard InChI is InChI=1S/C33H34N8O2S/c1-18(2)16-35-44(42,43)30-14-21-28(40-32-36-23-7-3-4-8-24(23)37-32)15-29(41-33-38-25-9-5-6-10-26(25)39-33)31(21)22-17-34-27(13-20(22)30)19-11-12-19/h3-10,13-14,17-19,28-29,35H,11-12,15-16H2,1-2H3,(H2,36,37,40)(H2,38,39,41)/t28-,29+/m1/s1. The van der Waals surface area contributed by atoms with Crippen molar-refractivity contribution in [3.05, 3.63) is 83.7 Å². The molecule has 2 atom stereocenters. The number of sulfonamides is 1. The number of hydrogen-bond donors (Lipinski definition) is 5. The van der Waals surface area contributed by atoms with E-state index in [1.54, 1.807) is 0 Å². The van der Waals surface area contributed by atoms with Crippen LogP contribution >= 0.6 is 0 Å². The van der Waals surface area contributed by atoms with E-state index in [9.17, 15) is 8.42 Å². The number of anilines is 2. The van der Waals surface area contributed by atoms with Gasteiger partial charge in [0.25, 0.3) is 0 Å². The number of pyridine rings is 1. The Labute approximate surface area is 255 Å². The number of imidazole rings is 2. The van der Waals surface area contributed by atoms with Crippen molar-refractivity contribution < 1.29 is 8.42 Å². The van der Waals surface area contributed by atoms with Crippen LogP contribution in [0.4, 0.5) is 11.9 Å². The van der Waals surface area contributed by atoms with Gasteiger partial charge in [-0.3, -0.25) is 4.98 Å². The zero-order valence-electron chi connectivity index (χ0n) is 24.6. The molecule has 0 unspecified atom stereocenters. The fraction of sp³-hybridized carbons (Fsp3) is 0.303. The molecule has 11 heteroatoms. The molecule has 0 spiro atoms. The van der Waals surface area contributed by atoms with Crippen molar-refractivity contribution >= 4 is 54.8 Å². The topological polar surface area (TPSA) is 140 Å². The van der Waals surface area contributed by atoms with E-state index >= 15 is 0 Å². The lowest BCUT2D eigenvalue weighted by molar-refractivity contribution is 0.561. The molecule has 8 rings (SSSR count). The summed E-state index contributed by atoms with van der Waals surface area (Å²) in [5, 5.41) is 8.77. The Morgan fingerprint density at radius 3 is 2.11 bits per heavy atom. The molecule has 3 aromatic carbocycles. The molecule has 1 saturated carbocycles. The van der Waals surface area contributed by atoms with Gasteiger partial charge in [0.1, 0.15) is 0 Å². The molecule has 44 heavy (non-hydrogen) atoms. The second-order valence-electron chi connectivity index (χ2n) is 12.4. The van der Waals surface area contributed by atoms with Crippen molar-refractivity contribution in [2.24, 2.45) is 5.92 Å². The van der Waals surface area contributed by atoms with Gasteiger partial charge in [-0.05, 0) is 72.7 Å². The predicted molar refractivity (Wildman–Crippen MR) is 173 cm³/mol. The van der Waals surface area contributed by atoms with E-state index in [1.165, 1.54) is 0 Å². The summed E-state index contributed by atoms with van der Waals surface area (Å²) in [6.07, 6.45) is 4.68. The molecule has 2 aliphatic carbocycles. The van der Waals surface area contributed by atoms with Crippen molar-refractivity contribution in [3.63, 3.8) is 0 Å². The van der Waals surface area contributed by atoms with Crippen LogP contribution in [-0.4, -0.2) is 39.9 Å². The van der Waals surface area contributed by atoms with Gasteiger partial charge in [0.2, 0.25) is 21.9 Å². The van der Waals surface area contributed by atoms with Crippen molar-refractivity contribution in [3.8, 4) is 0 Å². The summed E-state index contributed by atoms with van der Waals surface area (Å²) in [5.41, 5.74) is 6.49. The van der Waals surface area contributed by atoms with Crippen molar-refractivity contribution in [2.75, 3.05) is 17.2 Å². The zero-order chi connectivity index (χ0) is 30.0. The van der Waals surface area contributed by atoms with Gasteiger partial charge in [-0.15, -0.1) is 0 Å². The van der Waals surface area contributed by atoms with Gasteiger partial charge in [0.05, 0.1) is 39.0 Å². The molecule has 224 valence electrons. The highest BCUT2D eigenvalue weighted by Gasteiger charge is 2.37. The number of aromatic nitrogens is 5. The first-order chi connectivity index (χ1) is 21.3. The third kappa shape index (κ3) is 4.86. The molecule has 0 bridgehead atoms. The molecule has 2 aliphatic rings. The Bertz CT molecular complexity index is 2080. The van der Waals surface area contributed by atoms with E-state index in [1.807, 2.05) is 80.7 Å². The second kappa shape index (κ2) is 10.3.